The Morgan fingerprint density at radius 1 is 1.25 bits per heavy atom. The standard InChI is InChI=1S/C14H13F3N2O/c1-2-3-6-19-7-9(8-20)14(18-19)10-4-5-11(15)13(17)12(10)16/h4-5,7-8H,2-3,6H2,1H3. The van der Waals surface area contributed by atoms with E-state index in [4.69, 9.17) is 0 Å². The lowest BCUT2D eigenvalue weighted by Gasteiger charge is -2.03. The average molecular weight is 282 g/mol. The summed E-state index contributed by atoms with van der Waals surface area (Å²) in [6, 6.07) is 1.89. The minimum atomic E-state index is -1.57. The fourth-order valence-electron chi connectivity index (χ4n) is 1.88. The molecule has 0 amide bonds. The van der Waals surface area contributed by atoms with Gasteiger partial charge in [-0.3, -0.25) is 9.48 Å². The second-order valence-corrected chi connectivity index (χ2v) is 4.39. The summed E-state index contributed by atoms with van der Waals surface area (Å²) in [5, 5.41) is 4.08. The van der Waals surface area contributed by atoms with Crippen molar-refractivity contribution in [1.29, 1.82) is 0 Å². The van der Waals surface area contributed by atoms with Crippen molar-refractivity contribution in [2.75, 3.05) is 0 Å². The Labute approximate surface area is 114 Å². The maximum absolute atomic E-state index is 13.7. The van der Waals surface area contributed by atoms with Gasteiger partial charge in [0.05, 0.1) is 5.56 Å². The van der Waals surface area contributed by atoms with Crippen LogP contribution in [-0.4, -0.2) is 16.1 Å². The molecule has 0 aliphatic rings. The van der Waals surface area contributed by atoms with Gasteiger partial charge in [-0.1, -0.05) is 13.3 Å². The number of carbonyl (C=O) groups excluding carboxylic acids is 1. The zero-order valence-electron chi connectivity index (χ0n) is 10.9. The van der Waals surface area contributed by atoms with E-state index in [1.54, 1.807) is 0 Å². The molecule has 1 heterocycles. The van der Waals surface area contributed by atoms with Crippen LogP contribution in [0, 0.1) is 17.5 Å². The van der Waals surface area contributed by atoms with Crippen LogP contribution in [0.15, 0.2) is 18.3 Å². The summed E-state index contributed by atoms with van der Waals surface area (Å²) in [5.74, 6) is -4.18. The summed E-state index contributed by atoms with van der Waals surface area (Å²) in [5.41, 5.74) is -0.0558. The van der Waals surface area contributed by atoms with Crippen LogP contribution in [0.4, 0.5) is 13.2 Å². The maximum atomic E-state index is 13.7. The molecule has 0 spiro atoms. The monoisotopic (exact) mass is 282 g/mol. The van der Waals surface area contributed by atoms with Gasteiger partial charge in [0.2, 0.25) is 0 Å². The van der Waals surface area contributed by atoms with Crippen molar-refractivity contribution < 1.29 is 18.0 Å². The zero-order chi connectivity index (χ0) is 14.7. The van der Waals surface area contributed by atoms with E-state index in [9.17, 15) is 18.0 Å². The predicted molar refractivity (Wildman–Crippen MR) is 67.8 cm³/mol. The Morgan fingerprint density at radius 2 is 2.00 bits per heavy atom. The summed E-state index contributed by atoms with van der Waals surface area (Å²) in [4.78, 5) is 11.0. The molecule has 1 aromatic carbocycles. The van der Waals surface area contributed by atoms with Gasteiger partial charge < -0.3 is 0 Å². The Hall–Kier alpha value is -2.11. The van der Waals surface area contributed by atoms with E-state index in [-0.39, 0.29) is 16.8 Å². The second kappa shape index (κ2) is 5.90. The number of benzene rings is 1. The quantitative estimate of drug-likeness (QED) is 0.620. The first kappa shape index (κ1) is 14.3. The average Bonchev–Trinajstić information content (AvgIpc) is 2.86. The predicted octanol–water partition coefficient (Wildman–Crippen LogP) is 3.58. The Bertz CT molecular complexity index is 638. The molecule has 0 aliphatic heterocycles. The molecule has 0 aliphatic carbocycles. The number of aldehydes is 1. The summed E-state index contributed by atoms with van der Waals surface area (Å²) in [6.45, 7) is 2.57. The molecular weight excluding hydrogens is 269 g/mol. The van der Waals surface area contributed by atoms with Crippen molar-refractivity contribution in [2.24, 2.45) is 0 Å². The van der Waals surface area contributed by atoms with Crippen molar-refractivity contribution in [1.82, 2.24) is 9.78 Å². The van der Waals surface area contributed by atoms with Crippen LogP contribution < -0.4 is 0 Å². The van der Waals surface area contributed by atoms with Crippen molar-refractivity contribution in [3.05, 3.63) is 41.3 Å². The second-order valence-electron chi connectivity index (χ2n) is 4.39. The number of hydrogen-bond acceptors (Lipinski definition) is 2. The first-order valence-corrected chi connectivity index (χ1v) is 6.25. The van der Waals surface area contributed by atoms with Crippen LogP contribution in [0.2, 0.25) is 0 Å². The van der Waals surface area contributed by atoms with Crippen LogP contribution in [-0.2, 0) is 6.54 Å². The van der Waals surface area contributed by atoms with E-state index >= 15 is 0 Å². The highest BCUT2D eigenvalue weighted by Gasteiger charge is 2.19. The van der Waals surface area contributed by atoms with E-state index in [0.29, 0.717) is 12.8 Å². The molecule has 6 heteroatoms. The van der Waals surface area contributed by atoms with Crippen LogP contribution in [0.25, 0.3) is 11.3 Å². The molecule has 2 aromatic rings. The van der Waals surface area contributed by atoms with Gasteiger partial charge >= 0.3 is 0 Å². The number of carbonyl (C=O) groups is 1. The molecule has 0 unspecified atom stereocenters. The van der Waals surface area contributed by atoms with E-state index < -0.39 is 17.5 Å². The number of aryl methyl sites for hydroxylation is 1. The van der Waals surface area contributed by atoms with Gasteiger partial charge in [-0.15, -0.1) is 0 Å². The highest BCUT2D eigenvalue weighted by atomic mass is 19.2. The zero-order valence-corrected chi connectivity index (χ0v) is 10.9. The van der Waals surface area contributed by atoms with Gasteiger partial charge in [0, 0.05) is 18.3 Å². The van der Waals surface area contributed by atoms with Gasteiger partial charge in [-0.25, -0.2) is 13.2 Å². The Kier molecular flexibility index (Phi) is 4.22. The molecule has 3 nitrogen and oxygen atoms in total. The van der Waals surface area contributed by atoms with Gasteiger partial charge in [0.1, 0.15) is 5.69 Å². The van der Waals surface area contributed by atoms with Gasteiger partial charge in [0.25, 0.3) is 0 Å². The summed E-state index contributed by atoms with van der Waals surface area (Å²) < 4.78 is 41.4. The SMILES string of the molecule is CCCCn1cc(C=O)c(-c2ccc(F)c(F)c2F)n1. The Morgan fingerprint density at radius 3 is 2.65 bits per heavy atom. The third-order valence-electron chi connectivity index (χ3n) is 2.95. The molecule has 0 saturated heterocycles. The molecular formula is C14H13F3N2O. The highest BCUT2D eigenvalue weighted by molar-refractivity contribution is 5.85. The van der Waals surface area contributed by atoms with Crippen molar-refractivity contribution in [2.45, 2.75) is 26.3 Å². The molecule has 1 aromatic heterocycles. The molecule has 0 atom stereocenters. The van der Waals surface area contributed by atoms with Crippen molar-refractivity contribution in [3.63, 3.8) is 0 Å². The van der Waals surface area contributed by atoms with Crippen LogP contribution in [0.3, 0.4) is 0 Å². The van der Waals surface area contributed by atoms with Crippen molar-refractivity contribution in [3.8, 4) is 11.3 Å². The molecule has 0 fully saturated rings. The highest BCUT2D eigenvalue weighted by Crippen LogP contribution is 2.27. The van der Waals surface area contributed by atoms with E-state index in [2.05, 4.69) is 5.10 Å². The number of hydrogen-bond donors (Lipinski definition) is 0. The van der Waals surface area contributed by atoms with Crippen LogP contribution in [0.1, 0.15) is 30.1 Å². The molecule has 0 radical (unpaired) electrons. The number of unbranched alkanes of at least 4 members (excludes halogenated alkanes) is 1. The lowest BCUT2D eigenvalue weighted by Crippen LogP contribution is -1.99. The smallest absolute Gasteiger partial charge is 0.195 e. The molecule has 106 valence electrons. The maximum Gasteiger partial charge on any atom is 0.195 e. The lowest BCUT2D eigenvalue weighted by molar-refractivity contribution is 0.112. The largest absolute Gasteiger partial charge is 0.298 e. The van der Waals surface area contributed by atoms with Gasteiger partial charge in [-0.05, 0) is 18.6 Å². The van der Waals surface area contributed by atoms with Crippen molar-refractivity contribution >= 4 is 6.29 Å². The molecule has 2 rings (SSSR count). The molecule has 0 bridgehead atoms. The van der Waals surface area contributed by atoms with E-state index in [1.807, 2.05) is 6.92 Å². The third kappa shape index (κ3) is 2.59. The van der Waals surface area contributed by atoms with Gasteiger partial charge in [-0.2, -0.15) is 5.10 Å². The topological polar surface area (TPSA) is 34.9 Å². The first-order valence-electron chi connectivity index (χ1n) is 6.25. The van der Waals surface area contributed by atoms with E-state index in [0.717, 1.165) is 25.0 Å². The van der Waals surface area contributed by atoms with E-state index in [1.165, 1.54) is 10.9 Å². The number of aromatic nitrogens is 2. The first-order chi connectivity index (χ1) is 9.58. The Balaban J connectivity index is 2.49. The molecule has 0 N–H and O–H groups in total. The summed E-state index contributed by atoms with van der Waals surface area (Å²) in [6.07, 6.45) is 3.77. The fourth-order valence-corrected chi connectivity index (χ4v) is 1.88. The van der Waals surface area contributed by atoms with Crippen LogP contribution in [0.5, 0.6) is 0 Å². The lowest BCUT2D eigenvalue weighted by atomic mass is 10.1. The van der Waals surface area contributed by atoms with Gasteiger partial charge in [0.15, 0.2) is 23.7 Å². The third-order valence-corrected chi connectivity index (χ3v) is 2.95. The number of nitrogens with zero attached hydrogens (tertiary/aromatic N) is 2. The normalized spacial score (nSPS) is 10.8. The minimum absolute atomic E-state index is 0.0208. The summed E-state index contributed by atoms with van der Waals surface area (Å²) in [7, 11) is 0. The summed E-state index contributed by atoms with van der Waals surface area (Å²) >= 11 is 0. The fraction of sp³-hybridized carbons (Fsp3) is 0.286. The van der Waals surface area contributed by atoms with Crippen LogP contribution >= 0.6 is 0 Å². The minimum Gasteiger partial charge on any atom is -0.298 e. The number of rotatable bonds is 5. The number of halogens is 3. The molecule has 0 saturated carbocycles. The molecule has 20 heavy (non-hydrogen) atoms.